The number of methoxy groups -OCH3 is 1. The summed E-state index contributed by atoms with van der Waals surface area (Å²) < 4.78 is 4.99. The highest BCUT2D eigenvalue weighted by Gasteiger charge is 2.37. The van der Waals surface area contributed by atoms with Crippen molar-refractivity contribution < 1.29 is 19.7 Å². The molecule has 1 atom stereocenters. The molecule has 1 unspecified atom stereocenters. The number of carboxylic acid groups (broad SMARTS) is 1. The first-order valence-corrected chi connectivity index (χ1v) is 5.84. The van der Waals surface area contributed by atoms with Crippen LogP contribution < -0.4 is 0 Å². The Labute approximate surface area is 98.5 Å². The molecule has 0 aliphatic rings. The van der Waals surface area contributed by atoms with Crippen LogP contribution in [-0.4, -0.2) is 29.9 Å². The third-order valence-electron chi connectivity index (χ3n) is 2.61. The molecule has 2 N–H and O–H groups in total. The van der Waals surface area contributed by atoms with Gasteiger partial charge in [0.2, 0.25) is 0 Å². The van der Waals surface area contributed by atoms with Gasteiger partial charge in [-0.1, -0.05) is 13.8 Å². The summed E-state index contributed by atoms with van der Waals surface area (Å²) in [6, 6.07) is 1.51. The minimum absolute atomic E-state index is 0.0888. The molecule has 1 aromatic heterocycles. The van der Waals surface area contributed by atoms with Crippen LogP contribution >= 0.6 is 11.3 Å². The first kappa shape index (κ1) is 13.2. The molecular weight excluding hydrogens is 228 g/mol. The van der Waals surface area contributed by atoms with Crippen molar-refractivity contribution in [2.24, 2.45) is 5.92 Å². The second-order valence-electron chi connectivity index (χ2n) is 3.98. The van der Waals surface area contributed by atoms with Crippen LogP contribution in [0, 0.1) is 5.92 Å². The van der Waals surface area contributed by atoms with E-state index in [-0.39, 0.29) is 18.1 Å². The Balaban J connectivity index is 3.21. The molecule has 5 heteroatoms. The molecular formula is C11H16O4S. The highest BCUT2D eigenvalue weighted by molar-refractivity contribution is 7.10. The summed E-state index contributed by atoms with van der Waals surface area (Å²) in [6.07, 6.45) is 0. The van der Waals surface area contributed by atoms with E-state index in [2.05, 4.69) is 0 Å². The molecule has 1 rings (SSSR count). The van der Waals surface area contributed by atoms with E-state index in [4.69, 9.17) is 9.84 Å². The fourth-order valence-corrected chi connectivity index (χ4v) is 2.65. The van der Waals surface area contributed by atoms with Gasteiger partial charge in [-0.25, -0.2) is 4.79 Å². The smallest absolute Gasteiger partial charge is 0.336 e. The minimum atomic E-state index is -1.24. The van der Waals surface area contributed by atoms with Gasteiger partial charge in [-0.2, -0.15) is 0 Å². The number of aromatic carboxylic acids is 1. The molecule has 4 nitrogen and oxygen atoms in total. The molecule has 0 spiro atoms. The summed E-state index contributed by atoms with van der Waals surface area (Å²) in [5, 5.41) is 21.2. The monoisotopic (exact) mass is 244 g/mol. The van der Waals surface area contributed by atoms with Crippen LogP contribution in [0.5, 0.6) is 0 Å². The van der Waals surface area contributed by atoms with Gasteiger partial charge in [0.25, 0.3) is 0 Å². The van der Waals surface area contributed by atoms with E-state index in [1.54, 1.807) is 5.38 Å². The summed E-state index contributed by atoms with van der Waals surface area (Å²) in [6.45, 7) is 3.76. The van der Waals surface area contributed by atoms with E-state index in [1.165, 1.54) is 24.5 Å². The Morgan fingerprint density at radius 2 is 2.25 bits per heavy atom. The van der Waals surface area contributed by atoms with Gasteiger partial charge in [0, 0.05) is 7.11 Å². The van der Waals surface area contributed by atoms with Crippen molar-refractivity contribution in [3.05, 3.63) is 21.9 Å². The van der Waals surface area contributed by atoms with Gasteiger partial charge in [-0.15, -0.1) is 11.3 Å². The number of hydrogen-bond acceptors (Lipinski definition) is 4. The Hall–Kier alpha value is -0.910. The van der Waals surface area contributed by atoms with Crippen molar-refractivity contribution >= 4 is 17.3 Å². The van der Waals surface area contributed by atoms with Crippen molar-refractivity contribution in [3.8, 4) is 0 Å². The summed E-state index contributed by atoms with van der Waals surface area (Å²) in [4.78, 5) is 11.5. The van der Waals surface area contributed by atoms with Gasteiger partial charge in [-0.05, 0) is 17.4 Å². The topological polar surface area (TPSA) is 66.8 Å². The summed E-state index contributed by atoms with van der Waals surface area (Å²) in [5.74, 6) is -1.14. The zero-order chi connectivity index (χ0) is 12.3. The second-order valence-corrected chi connectivity index (χ2v) is 4.90. The third-order valence-corrected chi connectivity index (χ3v) is 3.69. The van der Waals surface area contributed by atoms with E-state index in [9.17, 15) is 9.90 Å². The first-order chi connectivity index (χ1) is 7.43. The van der Waals surface area contributed by atoms with Crippen LogP contribution in [0.4, 0.5) is 0 Å². The van der Waals surface area contributed by atoms with Gasteiger partial charge in [0.15, 0.2) is 0 Å². The lowest BCUT2D eigenvalue weighted by Gasteiger charge is -2.31. The largest absolute Gasteiger partial charge is 0.478 e. The van der Waals surface area contributed by atoms with Gasteiger partial charge in [0.1, 0.15) is 5.60 Å². The van der Waals surface area contributed by atoms with Gasteiger partial charge < -0.3 is 14.9 Å². The van der Waals surface area contributed by atoms with E-state index < -0.39 is 11.6 Å². The highest BCUT2D eigenvalue weighted by Crippen LogP contribution is 2.36. The normalized spacial score (nSPS) is 15.1. The third kappa shape index (κ3) is 2.26. The molecule has 0 saturated heterocycles. The maximum atomic E-state index is 11.0. The summed E-state index contributed by atoms with van der Waals surface area (Å²) >= 11 is 1.24. The van der Waals surface area contributed by atoms with Gasteiger partial charge in [-0.3, -0.25) is 0 Å². The number of rotatable bonds is 5. The molecule has 0 aliphatic heterocycles. The average molecular weight is 244 g/mol. The summed E-state index contributed by atoms with van der Waals surface area (Å²) in [7, 11) is 1.49. The zero-order valence-corrected chi connectivity index (χ0v) is 10.4. The minimum Gasteiger partial charge on any atom is -0.478 e. The molecule has 0 fully saturated rings. The number of aliphatic hydroxyl groups is 1. The molecule has 1 aromatic rings. The van der Waals surface area contributed by atoms with Crippen LogP contribution in [-0.2, 0) is 10.3 Å². The fourth-order valence-electron chi connectivity index (χ4n) is 1.53. The maximum absolute atomic E-state index is 11.0. The predicted molar refractivity (Wildman–Crippen MR) is 61.9 cm³/mol. The Morgan fingerprint density at radius 3 is 2.69 bits per heavy atom. The number of thiophene rings is 1. The molecule has 0 radical (unpaired) electrons. The fraction of sp³-hybridized carbons (Fsp3) is 0.545. The van der Waals surface area contributed by atoms with Gasteiger partial charge >= 0.3 is 5.97 Å². The number of ether oxygens (including phenoxy) is 1. The van der Waals surface area contributed by atoms with Crippen LogP contribution in [0.15, 0.2) is 11.4 Å². The van der Waals surface area contributed by atoms with E-state index in [0.29, 0.717) is 4.88 Å². The molecule has 0 amide bonds. The van der Waals surface area contributed by atoms with Crippen molar-refractivity contribution in [2.45, 2.75) is 19.4 Å². The lowest BCUT2D eigenvalue weighted by Crippen LogP contribution is -2.37. The second kappa shape index (κ2) is 4.95. The Kier molecular flexibility index (Phi) is 4.07. The number of carboxylic acids is 1. The average Bonchev–Trinajstić information content (AvgIpc) is 2.66. The van der Waals surface area contributed by atoms with Gasteiger partial charge in [0.05, 0.1) is 17.0 Å². The zero-order valence-electron chi connectivity index (χ0n) is 9.56. The molecule has 90 valence electrons. The first-order valence-electron chi connectivity index (χ1n) is 4.96. The SMILES string of the molecule is COCC(O)(c1sccc1C(=O)O)C(C)C. The Morgan fingerprint density at radius 1 is 1.62 bits per heavy atom. The molecule has 0 bridgehead atoms. The predicted octanol–water partition coefficient (Wildman–Crippen LogP) is 1.94. The molecule has 0 aliphatic carbocycles. The lowest BCUT2D eigenvalue weighted by atomic mass is 9.87. The highest BCUT2D eigenvalue weighted by atomic mass is 32.1. The van der Waals surface area contributed by atoms with Crippen LogP contribution in [0.1, 0.15) is 29.1 Å². The van der Waals surface area contributed by atoms with Crippen molar-refractivity contribution in [2.75, 3.05) is 13.7 Å². The molecule has 0 aromatic carbocycles. The maximum Gasteiger partial charge on any atom is 0.336 e. The van der Waals surface area contributed by atoms with E-state index in [1.807, 2.05) is 13.8 Å². The van der Waals surface area contributed by atoms with E-state index in [0.717, 1.165) is 0 Å². The molecule has 1 heterocycles. The standard InChI is InChI=1S/C11H16O4S/c1-7(2)11(14,6-15-3)9-8(10(12)13)4-5-16-9/h4-5,7,14H,6H2,1-3H3,(H,12,13). The quantitative estimate of drug-likeness (QED) is 0.830. The van der Waals surface area contributed by atoms with Crippen molar-refractivity contribution in [1.82, 2.24) is 0 Å². The number of hydrogen-bond donors (Lipinski definition) is 2. The van der Waals surface area contributed by atoms with Crippen LogP contribution in [0.3, 0.4) is 0 Å². The van der Waals surface area contributed by atoms with Crippen LogP contribution in [0.2, 0.25) is 0 Å². The van der Waals surface area contributed by atoms with E-state index >= 15 is 0 Å². The van der Waals surface area contributed by atoms with Crippen molar-refractivity contribution in [1.29, 1.82) is 0 Å². The van der Waals surface area contributed by atoms with Crippen LogP contribution in [0.25, 0.3) is 0 Å². The Bertz CT molecular complexity index is 372. The lowest BCUT2D eigenvalue weighted by molar-refractivity contribution is -0.0678. The summed E-state index contributed by atoms with van der Waals surface area (Å²) in [5.41, 5.74) is -1.09. The van der Waals surface area contributed by atoms with Crippen molar-refractivity contribution in [3.63, 3.8) is 0 Å². The molecule has 16 heavy (non-hydrogen) atoms. The molecule has 0 saturated carbocycles. The number of carbonyl (C=O) groups is 1.